The molecule has 0 aliphatic carbocycles. The van der Waals surface area contributed by atoms with Crippen LogP contribution in [0, 0.1) is 0 Å². The molecule has 0 aliphatic heterocycles. The van der Waals surface area contributed by atoms with Gasteiger partial charge in [-0.3, -0.25) is 4.79 Å². The number of rotatable bonds is 4. The topological polar surface area (TPSA) is 66.4 Å². The van der Waals surface area contributed by atoms with Gasteiger partial charge in [0.05, 0.1) is 11.3 Å². The first kappa shape index (κ1) is 13.0. The number of para-hydroxylation sites is 1. The van der Waals surface area contributed by atoms with E-state index in [1.54, 1.807) is 35.6 Å². The molecule has 0 unspecified atom stereocenters. The minimum Gasteiger partial charge on any atom is -0.478 e. The van der Waals surface area contributed by atoms with Crippen molar-refractivity contribution in [3.63, 3.8) is 0 Å². The SMILES string of the molecule is O=C(/C=C/c1ccsc1)Nc1ccccc1C(=O)O. The molecule has 0 spiro atoms. The molecule has 0 aliphatic rings. The average Bonchev–Trinajstić information content (AvgIpc) is 2.90. The quantitative estimate of drug-likeness (QED) is 0.841. The van der Waals surface area contributed by atoms with Crippen molar-refractivity contribution in [3.8, 4) is 0 Å². The average molecular weight is 273 g/mol. The predicted molar refractivity (Wildman–Crippen MR) is 75.4 cm³/mol. The minimum atomic E-state index is -1.07. The van der Waals surface area contributed by atoms with Gasteiger partial charge in [-0.15, -0.1) is 0 Å². The molecule has 2 N–H and O–H groups in total. The van der Waals surface area contributed by atoms with Crippen LogP contribution in [-0.4, -0.2) is 17.0 Å². The van der Waals surface area contributed by atoms with Crippen molar-refractivity contribution in [2.45, 2.75) is 0 Å². The Morgan fingerprint density at radius 2 is 2.00 bits per heavy atom. The molecular weight excluding hydrogens is 262 g/mol. The van der Waals surface area contributed by atoms with Crippen molar-refractivity contribution in [1.82, 2.24) is 0 Å². The number of nitrogens with one attached hydrogen (secondary N) is 1. The highest BCUT2D eigenvalue weighted by molar-refractivity contribution is 7.08. The zero-order valence-corrected chi connectivity index (χ0v) is 10.7. The van der Waals surface area contributed by atoms with Gasteiger partial charge >= 0.3 is 5.97 Å². The van der Waals surface area contributed by atoms with Gasteiger partial charge in [0.1, 0.15) is 0 Å². The van der Waals surface area contributed by atoms with Gasteiger partial charge in [0.15, 0.2) is 0 Å². The van der Waals surface area contributed by atoms with E-state index in [9.17, 15) is 9.59 Å². The molecule has 1 aromatic carbocycles. The summed E-state index contributed by atoms with van der Waals surface area (Å²) in [5.74, 6) is -1.43. The molecule has 2 rings (SSSR count). The molecule has 0 bridgehead atoms. The molecule has 96 valence electrons. The number of anilines is 1. The number of amides is 1. The second kappa shape index (κ2) is 5.97. The third-order valence-electron chi connectivity index (χ3n) is 2.39. The molecule has 0 saturated heterocycles. The molecule has 5 heteroatoms. The molecule has 2 aromatic rings. The number of carboxylic acid groups (broad SMARTS) is 1. The van der Waals surface area contributed by atoms with Crippen molar-refractivity contribution in [3.05, 3.63) is 58.3 Å². The molecule has 1 heterocycles. The van der Waals surface area contributed by atoms with Crippen LogP contribution in [0.5, 0.6) is 0 Å². The zero-order chi connectivity index (χ0) is 13.7. The lowest BCUT2D eigenvalue weighted by molar-refractivity contribution is -0.111. The van der Waals surface area contributed by atoms with Gasteiger partial charge in [0.25, 0.3) is 0 Å². The highest BCUT2D eigenvalue weighted by atomic mass is 32.1. The first-order chi connectivity index (χ1) is 9.16. The maximum Gasteiger partial charge on any atom is 0.337 e. The summed E-state index contributed by atoms with van der Waals surface area (Å²) in [6, 6.07) is 8.17. The van der Waals surface area contributed by atoms with E-state index in [4.69, 9.17) is 5.11 Å². The maximum atomic E-state index is 11.7. The number of carboxylic acids is 1. The number of carbonyl (C=O) groups excluding carboxylic acids is 1. The van der Waals surface area contributed by atoms with Crippen molar-refractivity contribution < 1.29 is 14.7 Å². The summed E-state index contributed by atoms with van der Waals surface area (Å²) in [5.41, 5.74) is 1.29. The lowest BCUT2D eigenvalue weighted by atomic mass is 10.2. The van der Waals surface area contributed by atoms with Crippen molar-refractivity contribution in [2.75, 3.05) is 5.32 Å². The Hall–Kier alpha value is -2.40. The lowest BCUT2D eigenvalue weighted by Gasteiger charge is -2.05. The summed E-state index contributed by atoms with van der Waals surface area (Å²) in [4.78, 5) is 22.7. The standard InChI is InChI=1S/C14H11NO3S/c16-13(6-5-10-7-8-19-9-10)15-12-4-2-1-3-11(12)14(17)18/h1-9H,(H,15,16)(H,17,18)/b6-5+. The summed E-state index contributed by atoms with van der Waals surface area (Å²) < 4.78 is 0. The van der Waals surface area contributed by atoms with Crippen LogP contribution in [0.1, 0.15) is 15.9 Å². The third kappa shape index (κ3) is 3.53. The van der Waals surface area contributed by atoms with E-state index < -0.39 is 5.97 Å². The summed E-state index contributed by atoms with van der Waals surface area (Å²) in [5, 5.41) is 15.4. The number of hydrogen-bond donors (Lipinski definition) is 2. The fourth-order valence-electron chi connectivity index (χ4n) is 1.49. The normalized spacial score (nSPS) is 10.5. The number of aromatic carboxylic acids is 1. The van der Waals surface area contributed by atoms with Crippen LogP contribution in [-0.2, 0) is 4.79 Å². The van der Waals surface area contributed by atoms with Crippen molar-refractivity contribution in [2.24, 2.45) is 0 Å². The van der Waals surface area contributed by atoms with Crippen LogP contribution in [0.4, 0.5) is 5.69 Å². The maximum absolute atomic E-state index is 11.7. The molecule has 19 heavy (non-hydrogen) atoms. The van der Waals surface area contributed by atoms with Gasteiger partial charge in [-0.25, -0.2) is 4.79 Å². The van der Waals surface area contributed by atoms with Gasteiger partial charge < -0.3 is 10.4 Å². The van der Waals surface area contributed by atoms with Gasteiger partial charge in [-0.1, -0.05) is 12.1 Å². The van der Waals surface area contributed by atoms with Crippen LogP contribution in [0.3, 0.4) is 0 Å². The third-order valence-corrected chi connectivity index (χ3v) is 3.09. The van der Waals surface area contributed by atoms with Gasteiger partial charge in [0.2, 0.25) is 5.91 Å². The number of hydrogen-bond acceptors (Lipinski definition) is 3. The second-order valence-electron chi connectivity index (χ2n) is 3.73. The van der Waals surface area contributed by atoms with Gasteiger partial charge in [0, 0.05) is 6.08 Å². The molecule has 1 amide bonds. The largest absolute Gasteiger partial charge is 0.478 e. The Morgan fingerprint density at radius 3 is 2.68 bits per heavy atom. The first-order valence-electron chi connectivity index (χ1n) is 5.50. The molecule has 0 radical (unpaired) electrons. The molecule has 0 fully saturated rings. The highest BCUT2D eigenvalue weighted by Crippen LogP contribution is 2.15. The molecular formula is C14H11NO3S. The summed E-state index contributed by atoms with van der Waals surface area (Å²) in [6.07, 6.45) is 3.05. The van der Waals surface area contributed by atoms with Crippen molar-refractivity contribution >= 4 is 35.0 Å². The van der Waals surface area contributed by atoms with Crippen LogP contribution in [0.15, 0.2) is 47.2 Å². The van der Waals surface area contributed by atoms with Gasteiger partial charge in [-0.05, 0) is 40.6 Å². The van der Waals surface area contributed by atoms with Crippen molar-refractivity contribution in [1.29, 1.82) is 0 Å². The van der Waals surface area contributed by atoms with E-state index in [1.807, 2.05) is 16.8 Å². The fourth-order valence-corrected chi connectivity index (χ4v) is 2.12. The minimum absolute atomic E-state index is 0.0692. The highest BCUT2D eigenvalue weighted by Gasteiger charge is 2.09. The number of thiophene rings is 1. The summed E-state index contributed by atoms with van der Waals surface area (Å²) in [6.45, 7) is 0. The Labute approximate surface area is 114 Å². The number of benzene rings is 1. The van der Waals surface area contributed by atoms with Gasteiger partial charge in [-0.2, -0.15) is 11.3 Å². The summed E-state index contributed by atoms with van der Waals surface area (Å²) >= 11 is 1.54. The Morgan fingerprint density at radius 1 is 1.21 bits per heavy atom. The molecule has 1 aromatic heterocycles. The van der Waals surface area contributed by atoms with E-state index >= 15 is 0 Å². The molecule has 0 saturated carbocycles. The van der Waals surface area contributed by atoms with E-state index in [-0.39, 0.29) is 17.2 Å². The van der Waals surface area contributed by atoms with Crippen LogP contribution >= 0.6 is 11.3 Å². The predicted octanol–water partition coefficient (Wildman–Crippen LogP) is 3.10. The fraction of sp³-hybridized carbons (Fsp3) is 0. The Balaban J connectivity index is 2.09. The smallest absolute Gasteiger partial charge is 0.337 e. The van der Waals surface area contributed by atoms with Crippen LogP contribution in [0.2, 0.25) is 0 Å². The first-order valence-corrected chi connectivity index (χ1v) is 6.44. The number of carbonyl (C=O) groups is 2. The van der Waals surface area contributed by atoms with E-state index in [0.29, 0.717) is 0 Å². The van der Waals surface area contributed by atoms with E-state index in [0.717, 1.165) is 5.56 Å². The Kier molecular flexibility index (Phi) is 4.10. The second-order valence-corrected chi connectivity index (χ2v) is 4.51. The van der Waals surface area contributed by atoms with Crippen LogP contribution in [0.25, 0.3) is 6.08 Å². The lowest BCUT2D eigenvalue weighted by Crippen LogP contribution is -2.11. The molecule has 4 nitrogen and oxygen atoms in total. The monoisotopic (exact) mass is 273 g/mol. The van der Waals surface area contributed by atoms with E-state index in [1.165, 1.54) is 12.1 Å². The van der Waals surface area contributed by atoms with Crippen LogP contribution < -0.4 is 5.32 Å². The summed E-state index contributed by atoms with van der Waals surface area (Å²) in [7, 11) is 0. The van der Waals surface area contributed by atoms with E-state index in [2.05, 4.69) is 5.32 Å². The Bertz CT molecular complexity index is 617. The zero-order valence-electron chi connectivity index (χ0n) is 9.87. The molecule has 0 atom stereocenters.